The molecule has 2 heteroatoms. The standard InChI is InChI=1S/C13H16BrCl/c1-8(2)9-5-10(6-9)12-4-3-11(14)7-13(12)15/h3-4,7-10H,5-6H2,1-2H3. The first-order chi connectivity index (χ1) is 7.08. The van der Waals surface area contributed by atoms with Gasteiger partial charge in [0.15, 0.2) is 0 Å². The van der Waals surface area contributed by atoms with Crippen LogP contribution in [0.4, 0.5) is 0 Å². The lowest BCUT2D eigenvalue weighted by molar-refractivity contribution is 0.197. The van der Waals surface area contributed by atoms with Gasteiger partial charge < -0.3 is 0 Å². The van der Waals surface area contributed by atoms with Gasteiger partial charge in [-0.05, 0) is 48.3 Å². The van der Waals surface area contributed by atoms with E-state index >= 15 is 0 Å². The highest BCUT2D eigenvalue weighted by Gasteiger charge is 2.33. The molecule has 82 valence electrons. The minimum Gasteiger partial charge on any atom is -0.0840 e. The maximum Gasteiger partial charge on any atom is 0.0452 e. The Morgan fingerprint density at radius 2 is 2.00 bits per heavy atom. The zero-order valence-electron chi connectivity index (χ0n) is 9.13. The highest BCUT2D eigenvalue weighted by atomic mass is 79.9. The Kier molecular flexibility index (Phi) is 3.42. The smallest absolute Gasteiger partial charge is 0.0452 e. The van der Waals surface area contributed by atoms with Crippen molar-refractivity contribution in [1.29, 1.82) is 0 Å². The number of hydrogen-bond donors (Lipinski definition) is 0. The number of rotatable bonds is 2. The van der Waals surface area contributed by atoms with Gasteiger partial charge in [0.1, 0.15) is 0 Å². The van der Waals surface area contributed by atoms with Crippen molar-refractivity contribution in [3.63, 3.8) is 0 Å². The van der Waals surface area contributed by atoms with E-state index in [-0.39, 0.29) is 0 Å². The molecule has 1 saturated carbocycles. The second-order valence-corrected chi connectivity index (χ2v) is 6.16. The first-order valence-corrected chi connectivity index (χ1v) is 6.70. The van der Waals surface area contributed by atoms with Gasteiger partial charge in [-0.1, -0.05) is 47.4 Å². The first kappa shape index (κ1) is 11.5. The van der Waals surface area contributed by atoms with E-state index in [2.05, 4.69) is 41.9 Å². The molecule has 1 aliphatic carbocycles. The van der Waals surface area contributed by atoms with E-state index in [9.17, 15) is 0 Å². The summed E-state index contributed by atoms with van der Waals surface area (Å²) in [7, 11) is 0. The Hall–Kier alpha value is -0.0100. The molecule has 1 fully saturated rings. The molecule has 1 aromatic rings. The fourth-order valence-electron chi connectivity index (χ4n) is 2.29. The fourth-order valence-corrected chi connectivity index (χ4v) is 3.12. The van der Waals surface area contributed by atoms with Crippen molar-refractivity contribution >= 4 is 27.5 Å². The summed E-state index contributed by atoms with van der Waals surface area (Å²) in [5.41, 5.74) is 1.33. The van der Waals surface area contributed by atoms with Crippen molar-refractivity contribution in [1.82, 2.24) is 0 Å². The third-order valence-electron chi connectivity index (χ3n) is 3.52. The predicted octanol–water partition coefficient (Wildman–Crippen LogP) is 5.25. The van der Waals surface area contributed by atoms with Gasteiger partial charge in [0.2, 0.25) is 0 Å². The Labute approximate surface area is 105 Å². The van der Waals surface area contributed by atoms with E-state index in [1.165, 1.54) is 18.4 Å². The number of benzene rings is 1. The fraction of sp³-hybridized carbons (Fsp3) is 0.538. The van der Waals surface area contributed by atoms with Crippen LogP contribution in [0.1, 0.15) is 38.2 Å². The molecule has 2 rings (SSSR count). The van der Waals surface area contributed by atoms with Gasteiger partial charge >= 0.3 is 0 Å². The SMILES string of the molecule is CC(C)C1CC(c2ccc(Br)cc2Cl)C1. The minimum atomic E-state index is 0.693. The Morgan fingerprint density at radius 1 is 1.33 bits per heavy atom. The van der Waals surface area contributed by atoms with E-state index in [4.69, 9.17) is 11.6 Å². The molecule has 0 saturated heterocycles. The lowest BCUT2D eigenvalue weighted by Gasteiger charge is -2.38. The Bertz CT molecular complexity index is 354. The molecule has 15 heavy (non-hydrogen) atoms. The van der Waals surface area contributed by atoms with Crippen LogP contribution in [-0.2, 0) is 0 Å². The van der Waals surface area contributed by atoms with E-state index in [0.29, 0.717) is 5.92 Å². The van der Waals surface area contributed by atoms with Gasteiger partial charge in [0.05, 0.1) is 0 Å². The maximum absolute atomic E-state index is 6.23. The van der Waals surface area contributed by atoms with Crippen molar-refractivity contribution in [3.8, 4) is 0 Å². The molecule has 0 bridgehead atoms. The van der Waals surface area contributed by atoms with Crippen LogP contribution in [0.5, 0.6) is 0 Å². The topological polar surface area (TPSA) is 0 Å². The molecular formula is C13H16BrCl. The molecule has 1 aromatic carbocycles. The summed E-state index contributed by atoms with van der Waals surface area (Å²) >= 11 is 9.67. The van der Waals surface area contributed by atoms with E-state index in [0.717, 1.165) is 21.3 Å². The summed E-state index contributed by atoms with van der Waals surface area (Å²) < 4.78 is 1.07. The van der Waals surface area contributed by atoms with Gasteiger partial charge in [-0.3, -0.25) is 0 Å². The summed E-state index contributed by atoms with van der Waals surface area (Å²) in [6.45, 7) is 4.62. The van der Waals surface area contributed by atoms with Crippen LogP contribution >= 0.6 is 27.5 Å². The molecule has 1 aliphatic rings. The van der Waals surface area contributed by atoms with Gasteiger partial charge in [0, 0.05) is 9.50 Å². The highest BCUT2D eigenvalue weighted by Crippen LogP contribution is 2.47. The van der Waals surface area contributed by atoms with E-state index < -0.39 is 0 Å². The Balaban J connectivity index is 2.07. The average Bonchev–Trinajstić information content (AvgIpc) is 2.05. The van der Waals surface area contributed by atoms with Gasteiger partial charge in [-0.15, -0.1) is 0 Å². The third-order valence-corrected chi connectivity index (χ3v) is 4.34. The van der Waals surface area contributed by atoms with Crippen molar-refractivity contribution in [2.75, 3.05) is 0 Å². The molecule has 0 nitrogen and oxygen atoms in total. The summed E-state index contributed by atoms with van der Waals surface area (Å²) in [6.07, 6.45) is 2.61. The lowest BCUT2D eigenvalue weighted by atomic mass is 9.67. The Morgan fingerprint density at radius 3 is 2.53 bits per heavy atom. The molecule has 0 N–H and O–H groups in total. The molecule has 0 aromatic heterocycles. The van der Waals surface area contributed by atoms with Gasteiger partial charge in [-0.25, -0.2) is 0 Å². The molecule has 0 aliphatic heterocycles. The van der Waals surface area contributed by atoms with Crippen LogP contribution < -0.4 is 0 Å². The van der Waals surface area contributed by atoms with E-state index in [1.807, 2.05) is 6.07 Å². The van der Waals surface area contributed by atoms with Gasteiger partial charge in [0.25, 0.3) is 0 Å². The molecule has 0 atom stereocenters. The molecule has 0 heterocycles. The summed E-state index contributed by atoms with van der Waals surface area (Å²) in [5, 5.41) is 0.914. The summed E-state index contributed by atoms with van der Waals surface area (Å²) in [5.74, 6) is 2.41. The average molecular weight is 288 g/mol. The number of hydrogen-bond acceptors (Lipinski definition) is 0. The van der Waals surface area contributed by atoms with Crippen LogP contribution in [0.25, 0.3) is 0 Å². The van der Waals surface area contributed by atoms with E-state index in [1.54, 1.807) is 0 Å². The molecule has 0 unspecified atom stereocenters. The van der Waals surface area contributed by atoms with Crippen molar-refractivity contribution < 1.29 is 0 Å². The second-order valence-electron chi connectivity index (χ2n) is 4.84. The van der Waals surface area contributed by atoms with Crippen LogP contribution in [0.15, 0.2) is 22.7 Å². The zero-order chi connectivity index (χ0) is 11.0. The quantitative estimate of drug-likeness (QED) is 0.696. The van der Waals surface area contributed by atoms with Crippen LogP contribution in [0.2, 0.25) is 5.02 Å². The summed E-state index contributed by atoms with van der Waals surface area (Å²) in [4.78, 5) is 0. The minimum absolute atomic E-state index is 0.693. The third kappa shape index (κ3) is 2.39. The van der Waals surface area contributed by atoms with Crippen molar-refractivity contribution in [2.45, 2.75) is 32.6 Å². The van der Waals surface area contributed by atoms with Crippen LogP contribution in [-0.4, -0.2) is 0 Å². The molecule has 0 radical (unpaired) electrons. The lowest BCUT2D eigenvalue weighted by Crippen LogP contribution is -2.26. The van der Waals surface area contributed by atoms with Crippen LogP contribution in [0.3, 0.4) is 0 Å². The maximum atomic E-state index is 6.23. The first-order valence-electron chi connectivity index (χ1n) is 5.53. The van der Waals surface area contributed by atoms with Crippen molar-refractivity contribution in [3.05, 3.63) is 33.3 Å². The summed E-state index contributed by atoms with van der Waals surface area (Å²) in [6, 6.07) is 6.25. The largest absolute Gasteiger partial charge is 0.0840 e. The zero-order valence-corrected chi connectivity index (χ0v) is 11.5. The van der Waals surface area contributed by atoms with Gasteiger partial charge in [-0.2, -0.15) is 0 Å². The molecule has 0 amide bonds. The second kappa shape index (κ2) is 4.47. The van der Waals surface area contributed by atoms with Crippen LogP contribution in [0, 0.1) is 11.8 Å². The van der Waals surface area contributed by atoms with Crippen molar-refractivity contribution in [2.24, 2.45) is 11.8 Å². The monoisotopic (exact) mass is 286 g/mol. The molecule has 0 spiro atoms. The predicted molar refractivity (Wildman–Crippen MR) is 69.5 cm³/mol. The normalized spacial score (nSPS) is 25.4. The molecular weight excluding hydrogens is 271 g/mol. The number of halogens is 2. The highest BCUT2D eigenvalue weighted by molar-refractivity contribution is 9.10.